The number of hydrogen-bond acceptors (Lipinski definition) is 4. The fourth-order valence-electron chi connectivity index (χ4n) is 2.06. The number of benzene rings is 2. The van der Waals surface area contributed by atoms with Crippen molar-refractivity contribution in [2.24, 2.45) is 0 Å². The molecule has 6 heteroatoms. The first kappa shape index (κ1) is 16.8. The molecule has 3 rings (SSSR count). The molecule has 0 N–H and O–H groups in total. The van der Waals surface area contributed by atoms with Gasteiger partial charge in [-0.25, -0.2) is 4.39 Å². The van der Waals surface area contributed by atoms with Gasteiger partial charge in [0.1, 0.15) is 10.8 Å². The molecule has 0 fully saturated rings. The van der Waals surface area contributed by atoms with Gasteiger partial charge in [-0.2, -0.15) is 0 Å². The second-order valence-corrected chi connectivity index (χ2v) is 6.90. The smallest absolute Gasteiger partial charge is 0.173 e. The maximum atomic E-state index is 12.9. The first-order valence-electron chi connectivity index (χ1n) is 7.13. The van der Waals surface area contributed by atoms with E-state index in [1.54, 1.807) is 0 Å². The van der Waals surface area contributed by atoms with E-state index in [1.165, 1.54) is 36.0 Å². The Morgan fingerprint density at radius 3 is 2.50 bits per heavy atom. The van der Waals surface area contributed by atoms with E-state index in [9.17, 15) is 9.18 Å². The minimum atomic E-state index is -0.354. The van der Waals surface area contributed by atoms with Crippen LogP contribution in [0.1, 0.15) is 10.4 Å². The van der Waals surface area contributed by atoms with Gasteiger partial charge in [0, 0.05) is 15.6 Å². The molecule has 0 saturated heterocycles. The zero-order chi connectivity index (χ0) is 16.9. The normalized spacial score (nSPS) is 10.6. The fourth-order valence-corrected chi connectivity index (χ4v) is 3.17. The third-order valence-corrected chi connectivity index (χ3v) is 4.69. The van der Waals surface area contributed by atoms with Gasteiger partial charge in [-0.1, -0.05) is 39.8 Å². The van der Waals surface area contributed by atoms with Gasteiger partial charge in [-0.15, -0.1) is 10.2 Å². The summed E-state index contributed by atoms with van der Waals surface area (Å²) in [6.07, 6.45) is 0. The summed E-state index contributed by atoms with van der Waals surface area (Å²) >= 11 is 4.74. The summed E-state index contributed by atoms with van der Waals surface area (Å²) in [5, 5.41) is 9.02. The molecule has 0 unspecified atom stereocenters. The molecule has 1 heterocycles. The van der Waals surface area contributed by atoms with Crippen molar-refractivity contribution >= 4 is 33.5 Å². The highest BCUT2D eigenvalue weighted by atomic mass is 79.9. The van der Waals surface area contributed by atoms with Crippen LogP contribution in [0.5, 0.6) is 0 Å². The molecule has 24 heavy (non-hydrogen) atoms. The lowest BCUT2D eigenvalue weighted by Crippen LogP contribution is -2.02. The summed E-state index contributed by atoms with van der Waals surface area (Å²) in [4.78, 5) is 12.1. The van der Waals surface area contributed by atoms with E-state index in [-0.39, 0.29) is 17.4 Å². The van der Waals surface area contributed by atoms with Crippen molar-refractivity contribution in [2.45, 2.75) is 5.03 Å². The standard InChI is InChI=1S/C18H12BrFN2OS/c19-14-3-1-2-13(10-14)16-8-9-18(22-21-16)24-11-17(23)12-4-6-15(20)7-5-12/h1-10H,11H2. The molecule has 0 atom stereocenters. The first-order valence-corrected chi connectivity index (χ1v) is 8.91. The highest BCUT2D eigenvalue weighted by Crippen LogP contribution is 2.23. The Morgan fingerprint density at radius 1 is 1.04 bits per heavy atom. The predicted octanol–water partition coefficient (Wildman–Crippen LogP) is 5.02. The molecule has 0 radical (unpaired) electrons. The topological polar surface area (TPSA) is 42.9 Å². The van der Waals surface area contributed by atoms with Gasteiger partial charge in [-0.05, 0) is 48.5 Å². The summed E-state index contributed by atoms with van der Waals surface area (Å²) in [5.41, 5.74) is 2.23. The molecule has 0 amide bonds. The Hall–Kier alpha value is -2.05. The van der Waals surface area contributed by atoms with Crippen molar-refractivity contribution < 1.29 is 9.18 Å². The van der Waals surface area contributed by atoms with Crippen LogP contribution in [-0.2, 0) is 0 Å². The number of carbonyl (C=O) groups is 1. The highest BCUT2D eigenvalue weighted by Gasteiger charge is 2.08. The lowest BCUT2D eigenvalue weighted by molar-refractivity contribution is 0.102. The monoisotopic (exact) mass is 402 g/mol. The summed E-state index contributed by atoms with van der Waals surface area (Å²) in [6, 6.07) is 17.1. The molecule has 0 saturated carbocycles. The van der Waals surface area contributed by atoms with Crippen LogP contribution in [0.15, 0.2) is 70.2 Å². The minimum Gasteiger partial charge on any atom is -0.293 e. The zero-order valence-electron chi connectivity index (χ0n) is 12.4. The molecule has 120 valence electrons. The molecule has 2 aromatic carbocycles. The molecule has 3 aromatic rings. The average Bonchev–Trinajstić information content (AvgIpc) is 2.61. The fraction of sp³-hybridized carbons (Fsp3) is 0.0556. The molecular formula is C18H12BrFN2OS. The van der Waals surface area contributed by atoms with Gasteiger partial charge in [0.15, 0.2) is 5.78 Å². The zero-order valence-corrected chi connectivity index (χ0v) is 14.8. The molecule has 3 nitrogen and oxygen atoms in total. The van der Waals surface area contributed by atoms with Crippen LogP contribution in [-0.4, -0.2) is 21.7 Å². The Balaban J connectivity index is 1.64. The summed E-state index contributed by atoms with van der Waals surface area (Å²) in [7, 11) is 0. The van der Waals surface area contributed by atoms with E-state index in [0.717, 1.165) is 15.7 Å². The van der Waals surface area contributed by atoms with Gasteiger partial charge in [0.2, 0.25) is 0 Å². The van der Waals surface area contributed by atoms with Crippen molar-refractivity contribution in [2.75, 3.05) is 5.75 Å². The van der Waals surface area contributed by atoms with E-state index in [2.05, 4.69) is 26.1 Å². The number of halogens is 2. The second kappa shape index (κ2) is 7.68. The quantitative estimate of drug-likeness (QED) is 0.443. The largest absolute Gasteiger partial charge is 0.293 e. The number of aromatic nitrogens is 2. The van der Waals surface area contributed by atoms with Gasteiger partial charge in [0.05, 0.1) is 11.4 Å². The van der Waals surface area contributed by atoms with Crippen molar-refractivity contribution in [1.82, 2.24) is 10.2 Å². The molecule has 1 aromatic heterocycles. The summed E-state index contributed by atoms with van der Waals surface area (Å²) in [5.74, 6) is -0.192. The average molecular weight is 403 g/mol. The number of ketones is 1. The summed E-state index contributed by atoms with van der Waals surface area (Å²) < 4.78 is 13.8. The minimum absolute atomic E-state index is 0.0714. The first-order chi connectivity index (χ1) is 11.6. The SMILES string of the molecule is O=C(CSc1ccc(-c2cccc(Br)c2)nn1)c1ccc(F)cc1. The molecule has 0 aliphatic heterocycles. The van der Waals surface area contributed by atoms with Gasteiger partial charge < -0.3 is 0 Å². The molecule has 0 spiro atoms. The van der Waals surface area contributed by atoms with E-state index in [0.29, 0.717) is 10.6 Å². The lowest BCUT2D eigenvalue weighted by Gasteiger charge is -2.03. The number of hydrogen-bond donors (Lipinski definition) is 0. The van der Waals surface area contributed by atoms with Crippen LogP contribution in [0.2, 0.25) is 0 Å². The number of thioether (sulfide) groups is 1. The van der Waals surface area contributed by atoms with E-state index in [4.69, 9.17) is 0 Å². The van der Waals surface area contributed by atoms with Crippen LogP contribution in [0.25, 0.3) is 11.3 Å². The molecular weight excluding hydrogens is 391 g/mol. The van der Waals surface area contributed by atoms with Crippen LogP contribution in [0.4, 0.5) is 4.39 Å². The van der Waals surface area contributed by atoms with Crippen molar-refractivity contribution in [3.63, 3.8) is 0 Å². The number of rotatable bonds is 5. The maximum Gasteiger partial charge on any atom is 0.173 e. The molecule has 0 aliphatic carbocycles. The van der Waals surface area contributed by atoms with Crippen LogP contribution < -0.4 is 0 Å². The Labute approximate surface area is 151 Å². The number of nitrogens with zero attached hydrogens (tertiary/aromatic N) is 2. The molecule has 0 bridgehead atoms. The molecule has 0 aliphatic rings. The highest BCUT2D eigenvalue weighted by molar-refractivity contribution is 9.10. The third-order valence-electron chi connectivity index (χ3n) is 3.28. The Bertz CT molecular complexity index is 854. The summed E-state index contributed by atoms with van der Waals surface area (Å²) in [6.45, 7) is 0. The van der Waals surface area contributed by atoms with Gasteiger partial charge in [0.25, 0.3) is 0 Å². The Morgan fingerprint density at radius 2 is 1.83 bits per heavy atom. The lowest BCUT2D eigenvalue weighted by atomic mass is 10.1. The van der Waals surface area contributed by atoms with Crippen molar-refractivity contribution in [1.29, 1.82) is 0 Å². The van der Waals surface area contributed by atoms with E-state index >= 15 is 0 Å². The predicted molar refractivity (Wildman–Crippen MR) is 96.6 cm³/mol. The number of carbonyl (C=O) groups excluding carboxylic acids is 1. The third kappa shape index (κ3) is 4.27. The van der Waals surface area contributed by atoms with Crippen LogP contribution in [0, 0.1) is 5.82 Å². The van der Waals surface area contributed by atoms with Crippen molar-refractivity contribution in [3.05, 3.63) is 76.5 Å². The van der Waals surface area contributed by atoms with E-state index in [1.807, 2.05) is 36.4 Å². The van der Waals surface area contributed by atoms with Crippen molar-refractivity contribution in [3.8, 4) is 11.3 Å². The van der Waals surface area contributed by atoms with Gasteiger partial charge in [-0.3, -0.25) is 4.79 Å². The Kier molecular flexibility index (Phi) is 5.37. The van der Waals surface area contributed by atoms with Crippen LogP contribution >= 0.6 is 27.7 Å². The number of Topliss-reactive ketones (excluding diaryl/α,β-unsaturated/α-hetero) is 1. The van der Waals surface area contributed by atoms with E-state index < -0.39 is 0 Å². The van der Waals surface area contributed by atoms with Gasteiger partial charge >= 0.3 is 0 Å². The maximum absolute atomic E-state index is 12.9. The second-order valence-electron chi connectivity index (χ2n) is 4.99. The van der Waals surface area contributed by atoms with Crippen LogP contribution in [0.3, 0.4) is 0 Å².